The van der Waals surface area contributed by atoms with Gasteiger partial charge in [0.1, 0.15) is 0 Å². The highest BCUT2D eigenvalue weighted by atomic mass is 35.5. The second-order valence-electron chi connectivity index (χ2n) is 4.30. The molecule has 0 bridgehead atoms. The minimum Gasteiger partial charge on any atom is -0.338 e. The van der Waals surface area contributed by atoms with Gasteiger partial charge >= 0.3 is 0 Å². The Hall–Kier alpha value is -1.10. The first-order chi connectivity index (χ1) is 8.72. The molecule has 1 aliphatic rings. The van der Waals surface area contributed by atoms with E-state index in [1.54, 1.807) is 12.1 Å². The molecule has 1 aromatic heterocycles. The van der Waals surface area contributed by atoms with Crippen molar-refractivity contribution >= 4 is 23.2 Å². The first kappa shape index (κ1) is 12.0. The molecule has 18 heavy (non-hydrogen) atoms. The van der Waals surface area contributed by atoms with Crippen LogP contribution in [0.2, 0.25) is 10.0 Å². The molecule has 1 saturated carbocycles. The van der Waals surface area contributed by atoms with Gasteiger partial charge in [-0.1, -0.05) is 28.4 Å². The van der Waals surface area contributed by atoms with Crippen LogP contribution in [-0.2, 0) is 6.54 Å². The summed E-state index contributed by atoms with van der Waals surface area (Å²) < 4.78 is 5.17. The van der Waals surface area contributed by atoms with Crippen LogP contribution in [0.15, 0.2) is 22.7 Å². The zero-order chi connectivity index (χ0) is 12.5. The summed E-state index contributed by atoms with van der Waals surface area (Å²) in [6.45, 7) is 0.610. The molecule has 1 heterocycles. The average Bonchev–Trinajstić information content (AvgIpc) is 3.08. The predicted molar refractivity (Wildman–Crippen MR) is 69.6 cm³/mol. The van der Waals surface area contributed by atoms with Crippen LogP contribution >= 0.6 is 23.2 Å². The van der Waals surface area contributed by atoms with Crippen molar-refractivity contribution in [3.05, 3.63) is 34.1 Å². The van der Waals surface area contributed by atoms with Crippen molar-refractivity contribution in [2.24, 2.45) is 0 Å². The topological polar surface area (TPSA) is 51.0 Å². The van der Waals surface area contributed by atoms with E-state index >= 15 is 0 Å². The molecular weight excluding hydrogens is 273 g/mol. The van der Waals surface area contributed by atoms with Crippen LogP contribution in [0, 0.1) is 0 Å². The van der Waals surface area contributed by atoms with E-state index in [4.69, 9.17) is 27.7 Å². The number of nitrogens with zero attached hydrogens (tertiary/aromatic N) is 2. The molecule has 1 aliphatic carbocycles. The maximum Gasteiger partial charge on any atom is 0.240 e. The van der Waals surface area contributed by atoms with Gasteiger partial charge in [0.15, 0.2) is 0 Å². The van der Waals surface area contributed by atoms with Gasteiger partial charge in [-0.2, -0.15) is 4.98 Å². The molecule has 2 aromatic rings. The Morgan fingerprint density at radius 3 is 2.83 bits per heavy atom. The number of hydrogen-bond donors (Lipinski definition) is 1. The largest absolute Gasteiger partial charge is 0.338 e. The second-order valence-corrected chi connectivity index (χ2v) is 5.11. The Labute approximate surface area is 114 Å². The third-order valence-electron chi connectivity index (χ3n) is 2.77. The van der Waals surface area contributed by atoms with Crippen molar-refractivity contribution in [3.63, 3.8) is 0 Å². The van der Waals surface area contributed by atoms with E-state index in [9.17, 15) is 0 Å². The highest BCUT2D eigenvalue weighted by molar-refractivity contribution is 6.42. The Kier molecular flexibility index (Phi) is 3.24. The van der Waals surface area contributed by atoms with E-state index in [1.807, 2.05) is 6.07 Å². The zero-order valence-corrected chi connectivity index (χ0v) is 11.0. The molecule has 94 valence electrons. The standard InChI is InChI=1S/C12H11Cl2N3O/c13-9-4-1-7(5-10(9)14)12-16-11(18-17-12)6-15-8-2-3-8/h1,4-5,8,15H,2-3,6H2. The third-order valence-corrected chi connectivity index (χ3v) is 3.50. The fourth-order valence-electron chi connectivity index (χ4n) is 1.60. The summed E-state index contributed by atoms with van der Waals surface area (Å²) in [5.74, 6) is 1.11. The lowest BCUT2D eigenvalue weighted by atomic mass is 10.2. The quantitative estimate of drug-likeness (QED) is 0.936. The van der Waals surface area contributed by atoms with Crippen molar-refractivity contribution in [1.29, 1.82) is 0 Å². The van der Waals surface area contributed by atoms with E-state index in [-0.39, 0.29) is 0 Å². The van der Waals surface area contributed by atoms with Crippen LogP contribution < -0.4 is 5.32 Å². The lowest BCUT2D eigenvalue weighted by Crippen LogP contribution is -2.15. The molecule has 0 saturated heterocycles. The lowest BCUT2D eigenvalue weighted by molar-refractivity contribution is 0.367. The lowest BCUT2D eigenvalue weighted by Gasteiger charge is -1.97. The van der Waals surface area contributed by atoms with Crippen molar-refractivity contribution < 1.29 is 4.52 Å². The highest BCUT2D eigenvalue weighted by Crippen LogP contribution is 2.27. The van der Waals surface area contributed by atoms with Crippen LogP contribution in [0.25, 0.3) is 11.4 Å². The van der Waals surface area contributed by atoms with Gasteiger partial charge in [0, 0.05) is 11.6 Å². The van der Waals surface area contributed by atoms with Gasteiger partial charge in [0.25, 0.3) is 0 Å². The van der Waals surface area contributed by atoms with Crippen LogP contribution in [0.5, 0.6) is 0 Å². The van der Waals surface area contributed by atoms with Crippen LogP contribution in [0.1, 0.15) is 18.7 Å². The second kappa shape index (κ2) is 4.88. The van der Waals surface area contributed by atoms with E-state index < -0.39 is 0 Å². The van der Waals surface area contributed by atoms with Gasteiger partial charge in [-0.05, 0) is 31.0 Å². The maximum atomic E-state index is 5.95. The molecule has 1 N–H and O–H groups in total. The molecule has 0 aliphatic heterocycles. The van der Waals surface area contributed by atoms with E-state index in [0.717, 1.165) is 5.56 Å². The number of nitrogens with one attached hydrogen (secondary N) is 1. The smallest absolute Gasteiger partial charge is 0.240 e. The Morgan fingerprint density at radius 2 is 2.11 bits per heavy atom. The summed E-state index contributed by atoms with van der Waals surface area (Å²) in [5, 5.41) is 8.24. The number of benzene rings is 1. The molecule has 1 aromatic carbocycles. The molecule has 0 atom stereocenters. The number of halogens is 2. The maximum absolute atomic E-state index is 5.95. The molecule has 3 rings (SSSR count). The number of rotatable bonds is 4. The minimum atomic E-state index is 0.483. The minimum absolute atomic E-state index is 0.483. The van der Waals surface area contributed by atoms with Gasteiger partial charge in [0.2, 0.25) is 11.7 Å². The number of aromatic nitrogens is 2. The van der Waals surface area contributed by atoms with Crippen molar-refractivity contribution in [2.45, 2.75) is 25.4 Å². The SMILES string of the molecule is Clc1ccc(-c2noc(CNC3CC3)n2)cc1Cl. The molecule has 0 spiro atoms. The average molecular weight is 284 g/mol. The van der Waals surface area contributed by atoms with Gasteiger partial charge < -0.3 is 9.84 Å². The summed E-state index contributed by atoms with van der Waals surface area (Å²) in [6.07, 6.45) is 2.46. The first-order valence-corrected chi connectivity index (χ1v) is 6.49. The van der Waals surface area contributed by atoms with E-state index in [0.29, 0.717) is 34.3 Å². The van der Waals surface area contributed by atoms with E-state index in [1.165, 1.54) is 12.8 Å². The summed E-state index contributed by atoms with van der Waals surface area (Å²) >= 11 is 11.8. The van der Waals surface area contributed by atoms with Crippen LogP contribution in [0.3, 0.4) is 0 Å². The molecular formula is C12H11Cl2N3O. The highest BCUT2D eigenvalue weighted by Gasteiger charge is 2.21. The Morgan fingerprint density at radius 1 is 1.28 bits per heavy atom. The molecule has 4 nitrogen and oxygen atoms in total. The summed E-state index contributed by atoms with van der Waals surface area (Å²) in [7, 11) is 0. The molecule has 0 amide bonds. The summed E-state index contributed by atoms with van der Waals surface area (Å²) in [5.41, 5.74) is 0.797. The van der Waals surface area contributed by atoms with Crippen molar-refractivity contribution in [3.8, 4) is 11.4 Å². The van der Waals surface area contributed by atoms with Gasteiger partial charge in [-0.25, -0.2) is 0 Å². The molecule has 1 fully saturated rings. The van der Waals surface area contributed by atoms with E-state index in [2.05, 4.69) is 15.5 Å². The zero-order valence-electron chi connectivity index (χ0n) is 9.49. The Bertz CT molecular complexity index is 566. The molecule has 0 unspecified atom stereocenters. The normalized spacial score (nSPS) is 15.0. The summed E-state index contributed by atoms with van der Waals surface area (Å²) in [6, 6.07) is 5.88. The predicted octanol–water partition coefficient (Wildman–Crippen LogP) is 3.30. The molecule has 0 radical (unpaired) electrons. The van der Waals surface area contributed by atoms with Crippen molar-refractivity contribution in [2.75, 3.05) is 0 Å². The first-order valence-electron chi connectivity index (χ1n) is 5.74. The van der Waals surface area contributed by atoms with Crippen LogP contribution in [-0.4, -0.2) is 16.2 Å². The Balaban J connectivity index is 1.76. The molecule has 6 heteroatoms. The number of hydrogen-bond acceptors (Lipinski definition) is 4. The van der Waals surface area contributed by atoms with Crippen molar-refractivity contribution in [1.82, 2.24) is 15.5 Å². The van der Waals surface area contributed by atoms with Gasteiger partial charge in [0.05, 0.1) is 16.6 Å². The monoisotopic (exact) mass is 283 g/mol. The third kappa shape index (κ3) is 2.66. The fourth-order valence-corrected chi connectivity index (χ4v) is 1.90. The fraction of sp³-hybridized carbons (Fsp3) is 0.333. The summed E-state index contributed by atoms with van der Waals surface area (Å²) in [4.78, 5) is 4.31. The van der Waals surface area contributed by atoms with Gasteiger partial charge in [-0.3, -0.25) is 0 Å². The van der Waals surface area contributed by atoms with Crippen LogP contribution in [0.4, 0.5) is 0 Å². The van der Waals surface area contributed by atoms with Gasteiger partial charge in [-0.15, -0.1) is 0 Å².